The number of amides is 1. The monoisotopic (exact) mass is 416 g/mol. The van der Waals surface area contributed by atoms with Crippen molar-refractivity contribution in [3.63, 3.8) is 0 Å². The molecule has 2 aromatic carbocycles. The van der Waals surface area contributed by atoms with Gasteiger partial charge in [0, 0.05) is 0 Å². The molecule has 5 nitrogen and oxygen atoms in total. The Hall–Kier alpha value is -2.34. The van der Waals surface area contributed by atoms with Crippen LogP contribution in [-0.4, -0.2) is 27.1 Å². The normalized spacial score (nSPS) is 12.7. The molecule has 158 valence electrons. The van der Waals surface area contributed by atoms with E-state index in [-0.39, 0.29) is 24.4 Å². The van der Waals surface area contributed by atoms with Crippen LogP contribution >= 0.6 is 0 Å². The van der Waals surface area contributed by atoms with Crippen molar-refractivity contribution in [1.29, 1.82) is 0 Å². The van der Waals surface area contributed by atoms with Gasteiger partial charge in [-0.15, -0.1) is 0 Å². The fraction of sp³-hybridized carbons (Fsp3) is 0.435. The number of sulfonamides is 1. The molecule has 0 saturated carbocycles. The molecular weight excluding hydrogens is 384 g/mol. The van der Waals surface area contributed by atoms with E-state index < -0.39 is 10.0 Å². The molecule has 0 aliphatic carbocycles. The topological polar surface area (TPSA) is 66.5 Å². The predicted molar refractivity (Wildman–Crippen MR) is 120 cm³/mol. The van der Waals surface area contributed by atoms with E-state index in [4.69, 9.17) is 0 Å². The molecule has 2 aromatic rings. The first-order valence-electron chi connectivity index (χ1n) is 9.85. The summed E-state index contributed by atoms with van der Waals surface area (Å²) < 4.78 is 26.2. The van der Waals surface area contributed by atoms with Crippen molar-refractivity contribution >= 4 is 21.6 Å². The zero-order valence-electron chi connectivity index (χ0n) is 18.4. The summed E-state index contributed by atoms with van der Waals surface area (Å²) >= 11 is 0. The highest BCUT2D eigenvalue weighted by atomic mass is 32.2. The van der Waals surface area contributed by atoms with Gasteiger partial charge in [0.2, 0.25) is 15.9 Å². The predicted octanol–water partition coefficient (Wildman–Crippen LogP) is 4.38. The molecule has 29 heavy (non-hydrogen) atoms. The third kappa shape index (κ3) is 5.60. The molecule has 1 atom stereocenters. The minimum Gasteiger partial charge on any atom is -0.348 e. The van der Waals surface area contributed by atoms with Gasteiger partial charge in [-0.05, 0) is 67.5 Å². The molecule has 1 N–H and O–H groups in total. The number of aryl methyl sites for hydroxylation is 3. The van der Waals surface area contributed by atoms with Crippen LogP contribution in [0.4, 0.5) is 5.69 Å². The van der Waals surface area contributed by atoms with Crippen molar-refractivity contribution in [3.05, 3.63) is 64.2 Å². The first-order chi connectivity index (χ1) is 13.4. The molecule has 0 aromatic heterocycles. The third-order valence-electron chi connectivity index (χ3n) is 5.24. The lowest BCUT2D eigenvalue weighted by molar-refractivity contribution is -0.120. The van der Waals surface area contributed by atoms with Gasteiger partial charge in [0.25, 0.3) is 0 Å². The van der Waals surface area contributed by atoms with Gasteiger partial charge in [0.1, 0.15) is 6.54 Å². The lowest BCUT2D eigenvalue weighted by atomic mass is 9.96. The molecule has 2 rings (SSSR count). The molecule has 0 radical (unpaired) electrons. The molecule has 0 aliphatic heterocycles. The van der Waals surface area contributed by atoms with E-state index in [1.54, 1.807) is 12.1 Å². The maximum absolute atomic E-state index is 12.8. The molecule has 0 fully saturated rings. The van der Waals surface area contributed by atoms with E-state index in [1.807, 2.05) is 46.8 Å². The molecule has 1 amide bonds. The molecular formula is C23H32N2O3S. The summed E-state index contributed by atoms with van der Waals surface area (Å²) in [6.45, 7) is 11.8. The maximum atomic E-state index is 12.8. The summed E-state index contributed by atoms with van der Waals surface area (Å²) in [7, 11) is -3.62. The Kier molecular flexibility index (Phi) is 7.11. The molecule has 0 spiro atoms. The lowest BCUT2D eigenvalue weighted by Gasteiger charge is -2.26. The van der Waals surface area contributed by atoms with Gasteiger partial charge >= 0.3 is 0 Å². The third-order valence-corrected chi connectivity index (χ3v) is 6.37. The van der Waals surface area contributed by atoms with E-state index in [9.17, 15) is 13.2 Å². The van der Waals surface area contributed by atoms with Gasteiger partial charge in [-0.2, -0.15) is 0 Å². The van der Waals surface area contributed by atoms with Crippen LogP contribution in [0.3, 0.4) is 0 Å². The number of para-hydroxylation sites is 1. The van der Waals surface area contributed by atoms with E-state index in [0.29, 0.717) is 5.69 Å². The largest absolute Gasteiger partial charge is 0.348 e. The standard InChI is InChI=1S/C23H32N2O3S/c1-15(2)20-10-8-9-11-22(20)25(29(7,27)28)14-23(26)24-19(6)21-13-17(4)16(3)12-18(21)5/h8-13,15,19H,14H2,1-7H3,(H,24,26). The highest BCUT2D eigenvalue weighted by Crippen LogP contribution is 2.29. The Morgan fingerprint density at radius 3 is 2.14 bits per heavy atom. The average Bonchev–Trinajstić information content (AvgIpc) is 2.61. The van der Waals surface area contributed by atoms with Crippen LogP contribution in [0.2, 0.25) is 0 Å². The van der Waals surface area contributed by atoms with Gasteiger partial charge in [0.15, 0.2) is 0 Å². The number of nitrogens with one attached hydrogen (secondary N) is 1. The second kappa shape index (κ2) is 8.99. The number of nitrogens with zero attached hydrogens (tertiary/aromatic N) is 1. The molecule has 0 saturated heterocycles. The fourth-order valence-electron chi connectivity index (χ4n) is 3.53. The second-order valence-corrected chi connectivity index (χ2v) is 9.97. The van der Waals surface area contributed by atoms with E-state index >= 15 is 0 Å². The van der Waals surface area contributed by atoms with Crippen LogP contribution < -0.4 is 9.62 Å². The number of anilines is 1. The first-order valence-corrected chi connectivity index (χ1v) is 11.7. The Balaban J connectivity index is 2.28. The Morgan fingerprint density at radius 2 is 1.55 bits per heavy atom. The van der Waals surface area contributed by atoms with Crippen LogP contribution in [0.25, 0.3) is 0 Å². The van der Waals surface area contributed by atoms with Crippen molar-refractivity contribution in [3.8, 4) is 0 Å². The maximum Gasteiger partial charge on any atom is 0.241 e. The minimum absolute atomic E-state index is 0.135. The fourth-order valence-corrected chi connectivity index (χ4v) is 4.40. The van der Waals surface area contributed by atoms with Crippen LogP contribution in [0.1, 0.15) is 60.5 Å². The summed E-state index contributed by atoms with van der Waals surface area (Å²) in [5.41, 5.74) is 5.95. The van der Waals surface area contributed by atoms with Gasteiger partial charge in [-0.1, -0.05) is 44.2 Å². The van der Waals surface area contributed by atoms with E-state index in [0.717, 1.165) is 28.5 Å². The molecule has 0 aliphatic rings. The summed E-state index contributed by atoms with van der Waals surface area (Å²) in [5.74, 6) is -0.199. The summed E-state index contributed by atoms with van der Waals surface area (Å²) in [6.07, 6.45) is 1.13. The summed E-state index contributed by atoms with van der Waals surface area (Å²) in [6, 6.07) is 11.3. The lowest BCUT2D eigenvalue weighted by Crippen LogP contribution is -2.41. The minimum atomic E-state index is -3.62. The second-order valence-electron chi connectivity index (χ2n) is 8.07. The molecule has 0 heterocycles. The molecule has 0 bridgehead atoms. The zero-order chi connectivity index (χ0) is 21.9. The number of rotatable bonds is 7. The van der Waals surface area contributed by atoms with Crippen LogP contribution in [0.15, 0.2) is 36.4 Å². The van der Waals surface area contributed by atoms with Crippen LogP contribution in [0.5, 0.6) is 0 Å². The number of hydrogen-bond donors (Lipinski definition) is 1. The van der Waals surface area contributed by atoms with Gasteiger partial charge in [-0.25, -0.2) is 8.42 Å². The SMILES string of the molecule is Cc1cc(C)c(C(C)NC(=O)CN(c2ccccc2C(C)C)S(C)(=O)=O)cc1C. The Labute approximate surface area is 175 Å². The van der Waals surface area contributed by atoms with Crippen LogP contribution in [-0.2, 0) is 14.8 Å². The van der Waals surface area contributed by atoms with Gasteiger partial charge in [0.05, 0.1) is 18.0 Å². The number of benzene rings is 2. The zero-order valence-corrected chi connectivity index (χ0v) is 19.2. The van der Waals surface area contributed by atoms with E-state index in [1.165, 1.54) is 9.87 Å². The smallest absolute Gasteiger partial charge is 0.241 e. The van der Waals surface area contributed by atoms with Gasteiger partial charge < -0.3 is 5.32 Å². The first kappa shape index (κ1) is 22.9. The number of carbonyl (C=O) groups is 1. The van der Waals surface area contributed by atoms with Crippen molar-refractivity contribution in [2.24, 2.45) is 0 Å². The Morgan fingerprint density at radius 1 is 0.966 bits per heavy atom. The molecule has 6 heteroatoms. The average molecular weight is 417 g/mol. The Bertz CT molecular complexity index is 997. The van der Waals surface area contributed by atoms with Gasteiger partial charge in [-0.3, -0.25) is 9.10 Å². The van der Waals surface area contributed by atoms with Crippen molar-refractivity contribution in [2.45, 2.75) is 53.5 Å². The molecule has 1 unspecified atom stereocenters. The van der Waals surface area contributed by atoms with Crippen LogP contribution in [0, 0.1) is 20.8 Å². The number of hydrogen-bond acceptors (Lipinski definition) is 3. The highest BCUT2D eigenvalue weighted by molar-refractivity contribution is 7.92. The van der Waals surface area contributed by atoms with Crippen molar-refractivity contribution < 1.29 is 13.2 Å². The number of carbonyl (C=O) groups excluding carboxylic acids is 1. The van der Waals surface area contributed by atoms with E-state index in [2.05, 4.69) is 24.4 Å². The highest BCUT2D eigenvalue weighted by Gasteiger charge is 2.25. The quantitative estimate of drug-likeness (QED) is 0.728. The summed E-state index contributed by atoms with van der Waals surface area (Å²) in [5, 5.41) is 2.96. The van der Waals surface area contributed by atoms with Crippen molar-refractivity contribution in [2.75, 3.05) is 17.1 Å². The summed E-state index contributed by atoms with van der Waals surface area (Å²) in [4.78, 5) is 12.8. The van der Waals surface area contributed by atoms with Crippen molar-refractivity contribution in [1.82, 2.24) is 5.32 Å².